The van der Waals surface area contributed by atoms with Crippen LogP contribution in [0.5, 0.6) is 0 Å². The van der Waals surface area contributed by atoms with Crippen LogP contribution in [-0.2, 0) is 0 Å². The van der Waals surface area contributed by atoms with Crippen LogP contribution >= 0.6 is 0 Å². The van der Waals surface area contributed by atoms with E-state index in [4.69, 9.17) is 0 Å². The third kappa shape index (κ3) is 2.76. The monoisotopic (exact) mass is 239 g/mol. The summed E-state index contributed by atoms with van der Waals surface area (Å²) in [4.78, 5) is 1.78. The first-order valence-corrected chi connectivity index (χ1v) is 6.24. The molecule has 0 spiro atoms. The standard InChI is InChI=1S/C14H19F2N/c1-3-11(2)12-5-4-6-13(9-12)17-8-7-14(15,16)10-17/h4-6,9,11H,3,7-8,10H2,1-2H3. The highest BCUT2D eigenvalue weighted by molar-refractivity contribution is 5.50. The molecule has 17 heavy (non-hydrogen) atoms. The maximum atomic E-state index is 13.2. The summed E-state index contributed by atoms with van der Waals surface area (Å²) in [6.07, 6.45) is 1.04. The van der Waals surface area contributed by atoms with E-state index in [0.717, 1.165) is 12.1 Å². The average Bonchev–Trinajstić information content (AvgIpc) is 2.69. The highest BCUT2D eigenvalue weighted by atomic mass is 19.3. The number of benzene rings is 1. The molecule has 1 atom stereocenters. The molecular formula is C14H19F2N. The van der Waals surface area contributed by atoms with E-state index in [1.807, 2.05) is 12.1 Å². The molecule has 2 rings (SSSR count). The Labute approximate surface area is 101 Å². The van der Waals surface area contributed by atoms with Gasteiger partial charge in [-0.2, -0.15) is 0 Å². The zero-order valence-electron chi connectivity index (χ0n) is 10.4. The van der Waals surface area contributed by atoms with Crippen molar-refractivity contribution in [3.05, 3.63) is 29.8 Å². The Morgan fingerprint density at radius 2 is 2.18 bits per heavy atom. The summed E-state index contributed by atoms with van der Waals surface area (Å²) in [6.45, 7) is 4.62. The lowest BCUT2D eigenvalue weighted by Crippen LogP contribution is -2.24. The molecule has 1 saturated heterocycles. The lowest BCUT2D eigenvalue weighted by atomic mass is 9.98. The van der Waals surface area contributed by atoms with Crippen molar-refractivity contribution < 1.29 is 8.78 Å². The second-order valence-electron chi connectivity index (χ2n) is 4.93. The normalized spacial score (nSPS) is 20.6. The highest BCUT2D eigenvalue weighted by Crippen LogP contribution is 2.32. The molecule has 0 radical (unpaired) electrons. The van der Waals surface area contributed by atoms with Crippen LogP contribution in [0.4, 0.5) is 14.5 Å². The van der Waals surface area contributed by atoms with Crippen molar-refractivity contribution in [3.8, 4) is 0 Å². The first-order valence-electron chi connectivity index (χ1n) is 6.24. The molecular weight excluding hydrogens is 220 g/mol. The van der Waals surface area contributed by atoms with Crippen LogP contribution in [0, 0.1) is 0 Å². The maximum Gasteiger partial charge on any atom is 0.266 e. The number of hydrogen-bond donors (Lipinski definition) is 0. The minimum atomic E-state index is -2.52. The molecule has 1 fully saturated rings. The quantitative estimate of drug-likeness (QED) is 0.769. The van der Waals surface area contributed by atoms with Gasteiger partial charge in [-0.15, -0.1) is 0 Å². The molecule has 0 aromatic heterocycles. The molecule has 0 saturated carbocycles. The predicted octanol–water partition coefficient (Wildman–Crippen LogP) is 4.05. The van der Waals surface area contributed by atoms with Crippen LogP contribution < -0.4 is 4.90 Å². The molecule has 0 bridgehead atoms. The SMILES string of the molecule is CCC(C)c1cccc(N2CCC(F)(F)C2)c1. The summed E-state index contributed by atoms with van der Waals surface area (Å²) < 4.78 is 26.3. The summed E-state index contributed by atoms with van der Waals surface area (Å²) in [7, 11) is 0. The van der Waals surface area contributed by atoms with Gasteiger partial charge in [0.05, 0.1) is 6.54 Å². The van der Waals surface area contributed by atoms with Crippen LogP contribution in [0.15, 0.2) is 24.3 Å². The molecule has 1 aliphatic rings. The second kappa shape index (κ2) is 4.63. The van der Waals surface area contributed by atoms with E-state index in [2.05, 4.69) is 26.0 Å². The van der Waals surface area contributed by atoms with Crippen LogP contribution in [0.2, 0.25) is 0 Å². The van der Waals surface area contributed by atoms with E-state index < -0.39 is 5.92 Å². The summed E-state index contributed by atoms with van der Waals surface area (Å²) >= 11 is 0. The van der Waals surface area contributed by atoms with Crippen molar-refractivity contribution in [1.29, 1.82) is 0 Å². The Balaban J connectivity index is 2.17. The predicted molar refractivity (Wildman–Crippen MR) is 66.9 cm³/mol. The number of anilines is 1. The van der Waals surface area contributed by atoms with Gasteiger partial charge in [-0.05, 0) is 30.0 Å². The summed E-state index contributed by atoms with van der Waals surface area (Å²) in [5.41, 5.74) is 2.17. The number of nitrogens with zero attached hydrogens (tertiary/aromatic N) is 1. The number of alkyl halides is 2. The molecule has 1 heterocycles. The van der Waals surface area contributed by atoms with Crippen molar-refractivity contribution in [2.75, 3.05) is 18.0 Å². The summed E-state index contributed by atoms with van der Waals surface area (Å²) in [5.74, 6) is -2.04. The molecule has 1 aliphatic heterocycles. The molecule has 0 amide bonds. The third-order valence-electron chi connectivity index (χ3n) is 3.59. The molecule has 1 unspecified atom stereocenters. The first kappa shape index (κ1) is 12.3. The number of halogens is 2. The largest absolute Gasteiger partial charge is 0.365 e. The Bertz CT molecular complexity index is 390. The van der Waals surface area contributed by atoms with E-state index in [0.29, 0.717) is 12.5 Å². The molecule has 0 aliphatic carbocycles. The van der Waals surface area contributed by atoms with Gasteiger partial charge >= 0.3 is 0 Å². The van der Waals surface area contributed by atoms with Gasteiger partial charge in [-0.1, -0.05) is 26.0 Å². The van der Waals surface area contributed by atoms with Gasteiger partial charge in [0.2, 0.25) is 0 Å². The Hall–Kier alpha value is -1.12. The number of rotatable bonds is 3. The fourth-order valence-electron chi connectivity index (χ4n) is 2.22. The molecule has 1 aromatic rings. The van der Waals surface area contributed by atoms with Crippen molar-refractivity contribution in [1.82, 2.24) is 0 Å². The van der Waals surface area contributed by atoms with Crippen LogP contribution in [0.25, 0.3) is 0 Å². The average molecular weight is 239 g/mol. The minimum absolute atomic E-state index is 0.0272. The fraction of sp³-hybridized carbons (Fsp3) is 0.571. The summed E-state index contributed by atoms with van der Waals surface area (Å²) in [6, 6.07) is 8.02. The molecule has 1 aromatic carbocycles. The zero-order valence-corrected chi connectivity index (χ0v) is 10.4. The van der Waals surface area contributed by atoms with E-state index in [1.165, 1.54) is 5.56 Å². The van der Waals surface area contributed by atoms with Crippen molar-refractivity contribution in [2.45, 2.75) is 38.5 Å². The maximum absolute atomic E-state index is 13.2. The highest BCUT2D eigenvalue weighted by Gasteiger charge is 2.38. The first-order chi connectivity index (χ1) is 8.02. The van der Waals surface area contributed by atoms with Crippen molar-refractivity contribution in [3.63, 3.8) is 0 Å². The van der Waals surface area contributed by atoms with Gasteiger partial charge in [0.15, 0.2) is 0 Å². The van der Waals surface area contributed by atoms with Crippen LogP contribution in [0.1, 0.15) is 38.2 Å². The van der Waals surface area contributed by atoms with Crippen LogP contribution in [-0.4, -0.2) is 19.0 Å². The topological polar surface area (TPSA) is 3.24 Å². The third-order valence-corrected chi connectivity index (χ3v) is 3.59. The smallest absolute Gasteiger partial charge is 0.266 e. The summed E-state index contributed by atoms with van der Waals surface area (Å²) in [5, 5.41) is 0. The Kier molecular flexibility index (Phi) is 3.36. The molecule has 0 N–H and O–H groups in total. The Morgan fingerprint density at radius 1 is 1.41 bits per heavy atom. The molecule has 94 valence electrons. The van der Waals surface area contributed by atoms with E-state index >= 15 is 0 Å². The fourth-order valence-corrected chi connectivity index (χ4v) is 2.22. The van der Waals surface area contributed by atoms with Crippen LogP contribution in [0.3, 0.4) is 0 Å². The van der Waals surface area contributed by atoms with E-state index in [1.54, 1.807) is 4.90 Å². The van der Waals surface area contributed by atoms with Crippen molar-refractivity contribution >= 4 is 5.69 Å². The van der Waals surface area contributed by atoms with E-state index in [9.17, 15) is 8.78 Å². The lowest BCUT2D eigenvalue weighted by molar-refractivity contribution is 0.0257. The second-order valence-corrected chi connectivity index (χ2v) is 4.93. The van der Waals surface area contributed by atoms with Gasteiger partial charge in [-0.25, -0.2) is 8.78 Å². The van der Waals surface area contributed by atoms with Crippen molar-refractivity contribution in [2.24, 2.45) is 0 Å². The minimum Gasteiger partial charge on any atom is -0.365 e. The molecule has 1 nitrogen and oxygen atoms in total. The number of hydrogen-bond acceptors (Lipinski definition) is 1. The van der Waals surface area contributed by atoms with Gasteiger partial charge in [0.1, 0.15) is 0 Å². The van der Waals surface area contributed by atoms with Gasteiger partial charge in [0.25, 0.3) is 5.92 Å². The van der Waals surface area contributed by atoms with Gasteiger partial charge in [0, 0.05) is 18.7 Å². The Morgan fingerprint density at radius 3 is 2.76 bits per heavy atom. The van der Waals surface area contributed by atoms with E-state index in [-0.39, 0.29) is 13.0 Å². The zero-order chi connectivity index (χ0) is 12.5. The van der Waals surface area contributed by atoms with Gasteiger partial charge < -0.3 is 4.90 Å². The van der Waals surface area contributed by atoms with Gasteiger partial charge in [-0.3, -0.25) is 0 Å². The molecule has 3 heteroatoms. The lowest BCUT2D eigenvalue weighted by Gasteiger charge is -2.20.